The topological polar surface area (TPSA) is 41.6 Å². The first kappa shape index (κ1) is 12.8. The van der Waals surface area contributed by atoms with E-state index in [0.717, 1.165) is 45.4 Å². The van der Waals surface area contributed by atoms with Crippen LogP contribution in [0.2, 0.25) is 0 Å². The Hall–Kier alpha value is -0.610. The fourth-order valence-electron chi connectivity index (χ4n) is 3.02. The Morgan fingerprint density at radius 1 is 1.41 bits per heavy atom. The van der Waals surface area contributed by atoms with Gasteiger partial charge in [-0.2, -0.15) is 0 Å². The highest BCUT2D eigenvalue weighted by Crippen LogP contribution is 2.42. The van der Waals surface area contributed by atoms with Crippen LogP contribution in [0.4, 0.5) is 0 Å². The van der Waals surface area contributed by atoms with Crippen LogP contribution in [-0.4, -0.2) is 50.7 Å². The van der Waals surface area contributed by atoms with Crippen LogP contribution >= 0.6 is 0 Å². The highest BCUT2D eigenvalue weighted by molar-refractivity contribution is 5.84. The maximum absolute atomic E-state index is 12.6. The molecule has 1 heterocycles. The molecule has 1 saturated heterocycles. The minimum atomic E-state index is -0.109. The largest absolute Gasteiger partial charge is 0.381 e. The number of carbonyl (C=O) groups is 1. The van der Waals surface area contributed by atoms with Crippen LogP contribution < -0.4 is 5.32 Å². The van der Waals surface area contributed by atoms with Crippen LogP contribution in [-0.2, 0) is 9.53 Å². The van der Waals surface area contributed by atoms with Gasteiger partial charge < -0.3 is 15.0 Å². The molecule has 0 spiro atoms. The van der Waals surface area contributed by atoms with Crippen LogP contribution in [0.1, 0.15) is 32.1 Å². The van der Waals surface area contributed by atoms with E-state index in [1.807, 2.05) is 19.0 Å². The summed E-state index contributed by atoms with van der Waals surface area (Å²) < 4.78 is 5.35. The number of ether oxygens (including phenoxy) is 1. The Morgan fingerprint density at radius 3 is 2.53 bits per heavy atom. The third-order valence-corrected chi connectivity index (χ3v) is 4.34. The third-order valence-electron chi connectivity index (χ3n) is 4.34. The molecule has 1 aliphatic heterocycles. The van der Waals surface area contributed by atoms with E-state index < -0.39 is 0 Å². The van der Waals surface area contributed by atoms with E-state index in [9.17, 15) is 4.79 Å². The lowest BCUT2D eigenvalue weighted by molar-refractivity contribution is -0.149. The molecule has 0 aromatic carbocycles. The van der Waals surface area contributed by atoms with Crippen molar-refractivity contribution in [1.29, 1.82) is 0 Å². The first-order chi connectivity index (χ1) is 8.19. The molecular weight excluding hydrogens is 216 g/mol. The fourth-order valence-corrected chi connectivity index (χ4v) is 3.02. The molecular formula is C13H24N2O2. The zero-order chi connectivity index (χ0) is 12.3. The summed E-state index contributed by atoms with van der Waals surface area (Å²) in [5.74, 6) is 0.338. The first-order valence-electron chi connectivity index (χ1n) is 6.69. The van der Waals surface area contributed by atoms with Gasteiger partial charge in [-0.25, -0.2) is 0 Å². The third kappa shape index (κ3) is 2.47. The van der Waals surface area contributed by atoms with E-state index in [1.54, 1.807) is 0 Å². The van der Waals surface area contributed by atoms with E-state index in [4.69, 9.17) is 4.74 Å². The average molecular weight is 240 g/mol. The lowest BCUT2D eigenvalue weighted by atomic mass is 9.67. The van der Waals surface area contributed by atoms with Crippen molar-refractivity contribution in [1.82, 2.24) is 10.2 Å². The van der Waals surface area contributed by atoms with Gasteiger partial charge in [0.15, 0.2) is 0 Å². The lowest BCUT2D eigenvalue weighted by Crippen LogP contribution is -2.54. The van der Waals surface area contributed by atoms with E-state index in [1.165, 1.54) is 6.42 Å². The Balaban J connectivity index is 1.97. The van der Waals surface area contributed by atoms with Crippen molar-refractivity contribution in [2.24, 2.45) is 5.41 Å². The van der Waals surface area contributed by atoms with E-state index in [-0.39, 0.29) is 5.41 Å². The van der Waals surface area contributed by atoms with Gasteiger partial charge in [-0.3, -0.25) is 4.79 Å². The zero-order valence-corrected chi connectivity index (χ0v) is 11.0. The highest BCUT2D eigenvalue weighted by atomic mass is 16.5. The Kier molecular flexibility index (Phi) is 4.05. The Bertz CT molecular complexity index is 271. The molecule has 2 fully saturated rings. The van der Waals surface area contributed by atoms with Gasteiger partial charge in [0.2, 0.25) is 5.91 Å². The van der Waals surface area contributed by atoms with Crippen molar-refractivity contribution in [3.8, 4) is 0 Å². The van der Waals surface area contributed by atoms with Crippen molar-refractivity contribution in [3.05, 3.63) is 0 Å². The predicted octanol–water partition coefficient (Wildman–Crippen LogP) is 1.01. The van der Waals surface area contributed by atoms with Crippen molar-refractivity contribution >= 4 is 5.91 Å². The zero-order valence-electron chi connectivity index (χ0n) is 11.0. The molecule has 2 rings (SSSR count). The molecule has 1 N–H and O–H groups in total. The quantitative estimate of drug-likeness (QED) is 0.797. The number of nitrogens with one attached hydrogen (secondary N) is 1. The minimum Gasteiger partial charge on any atom is -0.381 e. The van der Waals surface area contributed by atoms with Crippen molar-refractivity contribution < 1.29 is 9.53 Å². The standard InChI is InChI=1S/C13H24N2O2/c1-14-10-13(6-3-7-13)12(16)15(2)11-4-8-17-9-5-11/h11,14H,3-10H2,1-2H3. The second kappa shape index (κ2) is 5.36. The first-order valence-corrected chi connectivity index (χ1v) is 6.69. The van der Waals surface area contributed by atoms with E-state index in [2.05, 4.69) is 5.32 Å². The molecule has 98 valence electrons. The number of amides is 1. The molecule has 0 aromatic heterocycles. The second-order valence-electron chi connectivity index (χ2n) is 5.42. The Labute approximate surface area is 104 Å². The summed E-state index contributed by atoms with van der Waals surface area (Å²) in [5, 5.41) is 3.18. The molecule has 4 nitrogen and oxygen atoms in total. The SMILES string of the molecule is CNCC1(C(=O)N(C)C2CCOCC2)CCC1. The summed E-state index contributed by atoms with van der Waals surface area (Å²) >= 11 is 0. The second-order valence-corrected chi connectivity index (χ2v) is 5.42. The fraction of sp³-hybridized carbons (Fsp3) is 0.923. The van der Waals surface area contributed by atoms with Gasteiger partial charge in [-0.1, -0.05) is 6.42 Å². The normalized spacial score (nSPS) is 24.1. The summed E-state index contributed by atoms with van der Waals surface area (Å²) in [6.45, 7) is 2.40. The number of hydrogen-bond donors (Lipinski definition) is 1. The van der Waals surface area contributed by atoms with Gasteiger partial charge in [-0.15, -0.1) is 0 Å². The summed E-state index contributed by atoms with van der Waals surface area (Å²) in [6.07, 6.45) is 5.24. The Morgan fingerprint density at radius 2 is 2.06 bits per heavy atom. The molecule has 0 radical (unpaired) electrons. The van der Waals surface area contributed by atoms with Gasteiger partial charge in [0.1, 0.15) is 0 Å². The highest BCUT2D eigenvalue weighted by Gasteiger charge is 2.46. The van der Waals surface area contributed by atoms with Gasteiger partial charge in [0.25, 0.3) is 0 Å². The van der Waals surface area contributed by atoms with Crippen molar-refractivity contribution in [3.63, 3.8) is 0 Å². The molecule has 1 amide bonds. The maximum atomic E-state index is 12.6. The number of rotatable bonds is 4. The lowest BCUT2D eigenvalue weighted by Gasteiger charge is -2.45. The molecule has 0 aromatic rings. The molecule has 1 saturated carbocycles. The van der Waals surface area contributed by atoms with Crippen LogP contribution in [0.15, 0.2) is 0 Å². The van der Waals surface area contributed by atoms with Crippen LogP contribution in [0.5, 0.6) is 0 Å². The molecule has 4 heteroatoms. The van der Waals surface area contributed by atoms with Crippen molar-refractivity contribution in [2.45, 2.75) is 38.1 Å². The summed E-state index contributed by atoms with van der Waals surface area (Å²) in [5.41, 5.74) is -0.109. The molecule has 2 aliphatic rings. The van der Waals surface area contributed by atoms with Gasteiger partial charge in [-0.05, 0) is 32.7 Å². The van der Waals surface area contributed by atoms with Crippen LogP contribution in [0.3, 0.4) is 0 Å². The van der Waals surface area contributed by atoms with E-state index >= 15 is 0 Å². The summed E-state index contributed by atoms with van der Waals surface area (Å²) in [7, 11) is 3.90. The number of hydrogen-bond acceptors (Lipinski definition) is 3. The number of carbonyl (C=O) groups excluding carboxylic acids is 1. The monoisotopic (exact) mass is 240 g/mol. The minimum absolute atomic E-state index is 0.109. The number of nitrogens with zero attached hydrogens (tertiary/aromatic N) is 1. The van der Waals surface area contributed by atoms with Gasteiger partial charge in [0, 0.05) is 32.8 Å². The van der Waals surface area contributed by atoms with E-state index in [0.29, 0.717) is 11.9 Å². The van der Waals surface area contributed by atoms with Gasteiger partial charge in [0.05, 0.1) is 5.41 Å². The summed E-state index contributed by atoms with van der Waals surface area (Å²) in [6, 6.07) is 0.380. The molecule has 0 atom stereocenters. The molecule has 1 aliphatic carbocycles. The summed E-state index contributed by atoms with van der Waals surface area (Å²) in [4.78, 5) is 14.6. The average Bonchev–Trinajstić information content (AvgIpc) is 2.33. The molecule has 17 heavy (non-hydrogen) atoms. The van der Waals surface area contributed by atoms with Crippen LogP contribution in [0, 0.1) is 5.41 Å². The maximum Gasteiger partial charge on any atom is 0.230 e. The van der Waals surface area contributed by atoms with Gasteiger partial charge >= 0.3 is 0 Å². The smallest absolute Gasteiger partial charge is 0.230 e. The predicted molar refractivity (Wildman–Crippen MR) is 66.8 cm³/mol. The molecule has 0 bridgehead atoms. The van der Waals surface area contributed by atoms with Crippen molar-refractivity contribution in [2.75, 3.05) is 33.9 Å². The molecule has 0 unspecified atom stereocenters. The van der Waals surface area contributed by atoms with Crippen LogP contribution in [0.25, 0.3) is 0 Å².